The molecular weight excluding hydrogens is 408 g/mol. The van der Waals surface area contributed by atoms with E-state index in [0.29, 0.717) is 16.6 Å². The molecular formula is C22H23ClN2OS2. The van der Waals surface area contributed by atoms with Crippen molar-refractivity contribution in [3.05, 3.63) is 76.7 Å². The largest absolute Gasteiger partial charge is 0.254 e. The standard InChI is InChI=1S/C22H23ClN2OS2/c1-15-24-18(14-28(26)20-11-7-17(23)8-12-20)13-21(25-15)27-19-9-5-16(6-10-19)22(2,3)4/h5-13H,14H2,1-4H3. The number of benzene rings is 2. The van der Waals surface area contributed by atoms with Crippen molar-refractivity contribution in [2.75, 3.05) is 0 Å². The van der Waals surface area contributed by atoms with Gasteiger partial charge in [-0.05, 0) is 60.4 Å². The van der Waals surface area contributed by atoms with Gasteiger partial charge in [0.25, 0.3) is 0 Å². The fourth-order valence-electron chi connectivity index (χ4n) is 2.67. The minimum atomic E-state index is -1.18. The van der Waals surface area contributed by atoms with Gasteiger partial charge in [-0.2, -0.15) is 0 Å². The fraction of sp³-hybridized carbons (Fsp3) is 0.273. The van der Waals surface area contributed by atoms with Crippen molar-refractivity contribution in [2.45, 2.75) is 53.7 Å². The lowest BCUT2D eigenvalue weighted by molar-refractivity contribution is 0.590. The Morgan fingerprint density at radius 2 is 1.64 bits per heavy atom. The van der Waals surface area contributed by atoms with Gasteiger partial charge in [0.15, 0.2) is 0 Å². The van der Waals surface area contributed by atoms with Gasteiger partial charge in [0.05, 0.1) is 22.2 Å². The monoisotopic (exact) mass is 430 g/mol. The molecule has 0 amide bonds. The highest BCUT2D eigenvalue weighted by atomic mass is 35.5. The molecule has 0 aliphatic rings. The van der Waals surface area contributed by atoms with Crippen LogP contribution >= 0.6 is 23.4 Å². The average molecular weight is 431 g/mol. The Hall–Kier alpha value is -1.69. The molecule has 0 saturated heterocycles. The second kappa shape index (κ2) is 8.76. The molecule has 1 heterocycles. The molecule has 3 aromatic rings. The third-order valence-corrected chi connectivity index (χ3v) is 6.70. The van der Waals surface area contributed by atoms with Gasteiger partial charge in [-0.25, -0.2) is 9.97 Å². The summed E-state index contributed by atoms with van der Waals surface area (Å²) in [6.07, 6.45) is 0. The maximum absolute atomic E-state index is 12.6. The predicted molar refractivity (Wildman–Crippen MR) is 118 cm³/mol. The number of aromatic nitrogens is 2. The smallest absolute Gasteiger partial charge is 0.126 e. The van der Waals surface area contributed by atoms with E-state index in [0.717, 1.165) is 20.5 Å². The molecule has 1 aromatic heterocycles. The van der Waals surface area contributed by atoms with E-state index in [-0.39, 0.29) is 5.41 Å². The lowest BCUT2D eigenvalue weighted by Gasteiger charge is -2.19. The second-order valence-corrected chi connectivity index (χ2v) is 10.5. The predicted octanol–water partition coefficient (Wildman–Crippen LogP) is 6.19. The van der Waals surface area contributed by atoms with Crippen LogP contribution in [0.3, 0.4) is 0 Å². The van der Waals surface area contributed by atoms with Crippen LogP contribution in [0.1, 0.15) is 37.9 Å². The van der Waals surface area contributed by atoms with Gasteiger partial charge < -0.3 is 0 Å². The van der Waals surface area contributed by atoms with Crippen LogP contribution in [0.4, 0.5) is 0 Å². The molecule has 0 fully saturated rings. The Morgan fingerprint density at radius 1 is 1.00 bits per heavy atom. The SMILES string of the molecule is Cc1nc(CS(=O)c2ccc(Cl)cc2)cc(Sc2ccc(C(C)(C)C)cc2)n1. The van der Waals surface area contributed by atoms with Crippen molar-refractivity contribution >= 4 is 34.2 Å². The summed E-state index contributed by atoms with van der Waals surface area (Å²) >= 11 is 7.50. The first-order valence-electron chi connectivity index (χ1n) is 8.97. The molecule has 0 saturated carbocycles. The van der Waals surface area contributed by atoms with Gasteiger partial charge in [0.1, 0.15) is 10.9 Å². The third-order valence-electron chi connectivity index (χ3n) is 4.17. The van der Waals surface area contributed by atoms with E-state index in [9.17, 15) is 4.21 Å². The van der Waals surface area contributed by atoms with Crippen molar-refractivity contribution < 1.29 is 4.21 Å². The summed E-state index contributed by atoms with van der Waals surface area (Å²) in [4.78, 5) is 10.9. The molecule has 0 aliphatic carbocycles. The first-order chi connectivity index (χ1) is 13.2. The number of hydrogen-bond acceptors (Lipinski definition) is 4. The molecule has 3 nitrogen and oxygen atoms in total. The molecule has 0 bridgehead atoms. The van der Waals surface area contributed by atoms with Crippen molar-refractivity contribution in [3.63, 3.8) is 0 Å². The normalized spacial score (nSPS) is 12.8. The molecule has 6 heteroatoms. The van der Waals surface area contributed by atoms with E-state index in [1.165, 1.54) is 5.56 Å². The molecule has 146 valence electrons. The number of aryl methyl sites for hydroxylation is 1. The maximum atomic E-state index is 12.6. The lowest BCUT2D eigenvalue weighted by Crippen LogP contribution is -2.10. The van der Waals surface area contributed by atoms with Crippen LogP contribution in [0.15, 0.2) is 69.4 Å². The van der Waals surface area contributed by atoms with Gasteiger partial charge >= 0.3 is 0 Å². The number of rotatable bonds is 5. The van der Waals surface area contributed by atoms with Crippen LogP contribution in [0.2, 0.25) is 5.02 Å². The number of hydrogen-bond donors (Lipinski definition) is 0. The minimum Gasteiger partial charge on any atom is -0.254 e. The Labute approximate surface area is 178 Å². The topological polar surface area (TPSA) is 42.9 Å². The van der Waals surface area contributed by atoms with Crippen molar-refractivity contribution in [1.29, 1.82) is 0 Å². The Bertz CT molecular complexity index is 981. The van der Waals surface area contributed by atoms with Crippen molar-refractivity contribution in [2.24, 2.45) is 0 Å². The molecule has 3 rings (SSSR count). The number of nitrogens with zero attached hydrogens (tertiary/aromatic N) is 2. The van der Waals surface area contributed by atoms with Crippen LogP contribution < -0.4 is 0 Å². The molecule has 0 radical (unpaired) electrons. The lowest BCUT2D eigenvalue weighted by atomic mass is 9.87. The van der Waals surface area contributed by atoms with Crippen LogP contribution in [0.25, 0.3) is 0 Å². The molecule has 2 aromatic carbocycles. The van der Waals surface area contributed by atoms with E-state index in [2.05, 4.69) is 55.0 Å². The quantitative estimate of drug-likeness (QED) is 0.452. The first-order valence-corrected chi connectivity index (χ1v) is 11.5. The van der Waals surface area contributed by atoms with Gasteiger partial charge in [-0.1, -0.05) is 56.3 Å². The van der Waals surface area contributed by atoms with Crippen LogP contribution in [0, 0.1) is 6.92 Å². The Balaban J connectivity index is 1.76. The van der Waals surface area contributed by atoms with E-state index in [1.54, 1.807) is 36.0 Å². The van der Waals surface area contributed by atoms with Crippen LogP contribution in [0.5, 0.6) is 0 Å². The molecule has 0 aliphatic heterocycles. The summed E-state index contributed by atoms with van der Waals surface area (Å²) in [5.41, 5.74) is 2.21. The zero-order valence-electron chi connectivity index (χ0n) is 16.4. The van der Waals surface area contributed by atoms with E-state index >= 15 is 0 Å². The zero-order valence-corrected chi connectivity index (χ0v) is 18.8. The van der Waals surface area contributed by atoms with Crippen molar-refractivity contribution in [1.82, 2.24) is 9.97 Å². The van der Waals surface area contributed by atoms with Crippen molar-refractivity contribution in [3.8, 4) is 0 Å². The molecule has 0 spiro atoms. The molecule has 1 atom stereocenters. The average Bonchev–Trinajstić information content (AvgIpc) is 2.61. The third kappa shape index (κ3) is 5.66. The van der Waals surface area contributed by atoms with Gasteiger partial charge in [0.2, 0.25) is 0 Å². The summed E-state index contributed by atoms with van der Waals surface area (Å²) in [6, 6.07) is 17.6. The Morgan fingerprint density at radius 3 is 2.25 bits per heavy atom. The highest BCUT2D eigenvalue weighted by Crippen LogP contribution is 2.30. The molecule has 0 N–H and O–H groups in total. The van der Waals surface area contributed by atoms with Crippen LogP contribution in [-0.4, -0.2) is 14.2 Å². The minimum absolute atomic E-state index is 0.133. The zero-order chi connectivity index (χ0) is 20.3. The first kappa shape index (κ1) is 21.0. The maximum Gasteiger partial charge on any atom is 0.126 e. The molecule has 1 unspecified atom stereocenters. The molecule has 28 heavy (non-hydrogen) atoms. The summed E-state index contributed by atoms with van der Waals surface area (Å²) < 4.78 is 12.6. The summed E-state index contributed by atoms with van der Waals surface area (Å²) in [5.74, 6) is 1.03. The summed E-state index contributed by atoms with van der Waals surface area (Å²) in [5, 5.41) is 1.49. The van der Waals surface area contributed by atoms with Gasteiger partial charge in [-0.3, -0.25) is 4.21 Å². The van der Waals surface area contributed by atoms with E-state index in [4.69, 9.17) is 11.6 Å². The number of halogens is 1. The van der Waals surface area contributed by atoms with E-state index < -0.39 is 10.8 Å². The van der Waals surface area contributed by atoms with Gasteiger partial charge in [0, 0.05) is 14.8 Å². The highest BCUT2D eigenvalue weighted by molar-refractivity contribution is 7.99. The van der Waals surface area contributed by atoms with Gasteiger partial charge in [-0.15, -0.1) is 0 Å². The Kier molecular flexibility index (Phi) is 6.58. The highest BCUT2D eigenvalue weighted by Gasteiger charge is 2.14. The van der Waals surface area contributed by atoms with Crippen LogP contribution in [-0.2, 0) is 22.0 Å². The second-order valence-electron chi connectivity index (χ2n) is 7.56. The van der Waals surface area contributed by atoms with E-state index in [1.807, 2.05) is 13.0 Å². The summed E-state index contributed by atoms with van der Waals surface area (Å²) in [7, 11) is -1.18. The summed E-state index contributed by atoms with van der Waals surface area (Å²) in [6.45, 7) is 8.48. The fourth-order valence-corrected chi connectivity index (χ4v) is 4.71.